The van der Waals surface area contributed by atoms with Gasteiger partial charge in [0.15, 0.2) is 0 Å². The standard InChI is InChI=1S/C8H7FN2/c1-6-3-2-4-7-8(6)10-5-11(7)9/h2-5H,1H3. The number of imidazole rings is 1. The molecule has 56 valence electrons. The van der Waals surface area contributed by atoms with E-state index in [-0.39, 0.29) is 0 Å². The maximum atomic E-state index is 12.8. The van der Waals surface area contributed by atoms with Gasteiger partial charge in [-0.3, -0.25) is 0 Å². The van der Waals surface area contributed by atoms with Gasteiger partial charge in [-0.25, -0.2) is 4.98 Å². The van der Waals surface area contributed by atoms with Crippen molar-refractivity contribution in [3.05, 3.63) is 30.1 Å². The lowest BCUT2D eigenvalue weighted by atomic mass is 10.2. The van der Waals surface area contributed by atoms with Crippen molar-refractivity contribution in [3.8, 4) is 0 Å². The summed E-state index contributed by atoms with van der Waals surface area (Å²) in [4.78, 5) is 4.44. The third-order valence-electron chi connectivity index (χ3n) is 1.73. The molecule has 0 bridgehead atoms. The summed E-state index contributed by atoms with van der Waals surface area (Å²) >= 11 is 0. The zero-order valence-corrected chi connectivity index (χ0v) is 6.08. The molecule has 0 N–H and O–H groups in total. The van der Waals surface area contributed by atoms with Crippen molar-refractivity contribution in [3.63, 3.8) is 0 Å². The maximum absolute atomic E-state index is 12.8. The number of aryl methyl sites for hydroxylation is 1. The van der Waals surface area contributed by atoms with E-state index < -0.39 is 0 Å². The molecule has 0 spiro atoms. The molecule has 3 heteroatoms. The van der Waals surface area contributed by atoms with E-state index >= 15 is 0 Å². The molecule has 0 fully saturated rings. The molecule has 2 rings (SSSR count). The smallest absolute Gasteiger partial charge is 0.127 e. The van der Waals surface area contributed by atoms with Gasteiger partial charge in [0, 0.05) is 0 Å². The molecule has 1 aromatic carbocycles. The van der Waals surface area contributed by atoms with Crippen LogP contribution < -0.4 is 0 Å². The fourth-order valence-corrected chi connectivity index (χ4v) is 1.15. The lowest BCUT2D eigenvalue weighted by Crippen LogP contribution is -1.78. The summed E-state index contributed by atoms with van der Waals surface area (Å²) in [6.45, 7) is 1.91. The third kappa shape index (κ3) is 0.808. The second kappa shape index (κ2) is 2.05. The summed E-state index contributed by atoms with van der Waals surface area (Å²) in [5.41, 5.74) is 2.26. The van der Waals surface area contributed by atoms with Crippen LogP contribution in [0.4, 0.5) is 4.48 Å². The van der Waals surface area contributed by atoms with Crippen LogP contribution in [0.25, 0.3) is 11.0 Å². The Labute approximate surface area is 63.2 Å². The molecule has 0 saturated carbocycles. The predicted molar refractivity (Wildman–Crippen MR) is 41.0 cm³/mol. The molecule has 1 aromatic heterocycles. The van der Waals surface area contributed by atoms with Crippen LogP contribution >= 0.6 is 0 Å². The first kappa shape index (κ1) is 6.34. The molecule has 0 unspecified atom stereocenters. The third-order valence-corrected chi connectivity index (χ3v) is 1.73. The molecule has 2 aromatic rings. The number of nitrogens with zero attached hydrogens (tertiary/aromatic N) is 2. The van der Waals surface area contributed by atoms with Crippen LogP contribution in [0.5, 0.6) is 0 Å². The van der Waals surface area contributed by atoms with Crippen molar-refractivity contribution in [2.75, 3.05) is 0 Å². The summed E-state index contributed by atoms with van der Waals surface area (Å²) in [5.74, 6) is 0. The number of para-hydroxylation sites is 1. The van der Waals surface area contributed by atoms with Crippen LogP contribution in [-0.2, 0) is 0 Å². The number of hydrogen-bond donors (Lipinski definition) is 0. The minimum absolute atomic E-state index is 0.530. The molecular formula is C8H7FN2. The van der Waals surface area contributed by atoms with Gasteiger partial charge in [0.25, 0.3) is 0 Å². The Morgan fingerprint density at radius 2 is 2.27 bits per heavy atom. The Hall–Kier alpha value is -1.38. The molecule has 0 saturated heterocycles. The van der Waals surface area contributed by atoms with Crippen LogP contribution in [0, 0.1) is 6.92 Å². The van der Waals surface area contributed by atoms with Crippen molar-refractivity contribution in [2.24, 2.45) is 0 Å². The summed E-state index contributed by atoms with van der Waals surface area (Å²) < 4.78 is 12.8. The van der Waals surface area contributed by atoms with Crippen LogP contribution in [0.3, 0.4) is 0 Å². The fraction of sp³-hybridized carbons (Fsp3) is 0.125. The van der Waals surface area contributed by atoms with Crippen molar-refractivity contribution in [1.29, 1.82) is 0 Å². The average Bonchev–Trinajstić information content (AvgIpc) is 2.35. The molecule has 0 aliphatic carbocycles. The van der Waals surface area contributed by atoms with Gasteiger partial charge in [0.2, 0.25) is 0 Å². The van der Waals surface area contributed by atoms with E-state index in [1.54, 1.807) is 6.07 Å². The Morgan fingerprint density at radius 3 is 3.00 bits per heavy atom. The molecule has 2 nitrogen and oxygen atoms in total. The summed E-state index contributed by atoms with van der Waals surface area (Å²) in [6, 6.07) is 5.43. The topological polar surface area (TPSA) is 17.8 Å². The van der Waals surface area contributed by atoms with Crippen molar-refractivity contribution in [1.82, 2.24) is 9.77 Å². The van der Waals surface area contributed by atoms with Gasteiger partial charge in [-0.05, 0) is 18.6 Å². The first-order valence-corrected chi connectivity index (χ1v) is 3.38. The molecular weight excluding hydrogens is 143 g/mol. The average molecular weight is 150 g/mol. The van der Waals surface area contributed by atoms with Gasteiger partial charge in [0.1, 0.15) is 11.8 Å². The second-order valence-electron chi connectivity index (χ2n) is 2.50. The Morgan fingerprint density at radius 1 is 1.45 bits per heavy atom. The molecule has 0 atom stereocenters. The van der Waals surface area contributed by atoms with E-state index in [0.717, 1.165) is 11.1 Å². The predicted octanol–water partition coefficient (Wildman–Crippen LogP) is 2.08. The first-order valence-electron chi connectivity index (χ1n) is 3.38. The largest absolute Gasteiger partial charge is 0.234 e. The van der Waals surface area contributed by atoms with E-state index in [1.165, 1.54) is 6.33 Å². The highest BCUT2D eigenvalue weighted by Gasteiger charge is 2.01. The van der Waals surface area contributed by atoms with Crippen LogP contribution in [0.1, 0.15) is 5.56 Å². The summed E-state index contributed by atoms with van der Waals surface area (Å²) in [6.07, 6.45) is 1.18. The SMILES string of the molecule is Cc1cccc2c1ncn2F. The Kier molecular flexibility index (Phi) is 1.18. The van der Waals surface area contributed by atoms with Crippen LogP contribution in [0.15, 0.2) is 24.5 Å². The second-order valence-corrected chi connectivity index (χ2v) is 2.50. The summed E-state index contributed by atoms with van der Waals surface area (Å²) in [7, 11) is 0. The molecule has 0 aliphatic heterocycles. The van der Waals surface area contributed by atoms with E-state index in [2.05, 4.69) is 4.98 Å². The highest BCUT2D eigenvalue weighted by atomic mass is 19.2. The molecule has 11 heavy (non-hydrogen) atoms. The Balaban J connectivity index is 2.94. The van der Waals surface area contributed by atoms with E-state index in [9.17, 15) is 4.48 Å². The molecule has 0 radical (unpaired) electrons. The van der Waals surface area contributed by atoms with Gasteiger partial charge < -0.3 is 0 Å². The maximum Gasteiger partial charge on any atom is 0.127 e. The minimum Gasteiger partial charge on any atom is -0.234 e. The van der Waals surface area contributed by atoms with Gasteiger partial charge in [-0.1, -0.05) is 16.6 Å². The lowest BCUT2D eigenvalue weighted by molar-refractivity contribution is 0.384. The highest BCUT2D eigenvalue weighted by Crippen LogP contribution is 2.15. The van der Waals surface area contributed by atoms with E-state index in [1.807, 2.05) is 19.1 Å². The van der Waals surface area contributed by atoms with E-state index in [4.69, 9.17) is 0 Å². The number of rotatable bonds is 0. The van der Waals surface area contributed by atoms with Crippen LogP contribution in [-0.4, -0.2) is 9.77 Å². The minimum atomic E-state index is 0.530. The number of fused-ring (bicyclic) bond motifs is 1. The first-order chi connectivity index (χ1) is 5.29. The fourth-order valence-electron chi connectivity index (χ4n) is 1.15. The monoisotopic (exact) mass is 150 g/mol. The highest BCUT2D eigenvalue weighted by molar-refractivity contribution is 5.78. The van der Waals surface area contributed by atoms with Crippen molar-refractivity contribution in [2.45, 2.75) is 6.92 Å². The number of hydrogen-bond acceptors (Lipinski definition) is 1. The van der Waals surface area contributed by atoms with Gasteiger partial charge in [-0.2, -0.15) is 4.79 Å². The molecule has 0 aliphatic rings. The number of aromatic nitrogens is 2. The van der Waals surface area contributed by atoms with Crippen molar-refractivity contribution < 1.29 is 4.48 Å². The summed E-state index contributed by atoms with van der Waals surface area (Å²) in [5, 5.41) is 0. The normalized spacial score (nSPS) is 10.7. The number of benzene rings is 1. The zero-order chi connectivity index (χ0) is 7.84. The Bertz CT molecular complexity index is 392. The van der Waals surface area contributed by atoms with E-state index in [0.29, 0.717) is 10.3 Å². The van der Waals surface area contributed by atoms with Gasteiger partial charge >= 0.3 is 0 Å². The van der Waals surface area contributed by atoms with Gasteiger partial charge in [-0.15, -0.1) is 0 Å². The molecule has 1 heterocycles. The lowest BCUT2D eigenvalue weighted by Gasteiger charge is -1.92. The van der Waals surface area contributed by atoms with Gasteiger partial charge in [0.05, 0.1) is 5.52 Å². The quantitative estimate of drug-likeness (QED) is 0.562. The number of halogens is 1. The van der Waals surface area contributed by atoms with Crippen molar-refractivity contribution >= 4 is 11.0 Å². The molecule has 0 amide bonds. The van der Waals surface area contributed by atoms with Crippen LogP contribution in [0.2, 0.25) is 0 Å². The zero-order valence-electron chi connectivity index (χ0n) is 6.08.